The van der Waals surface area contributed by atoms with Crippen molar-refractivity contribution in [3.05, 3.63) is 265 Å². The first-order valence-electron chi connectivity index (χ1n) is 22.9. The summed E-state index contributed by atoms with van der Waals surface area (Å²) < 4.78 is 2.55. The van der Waals surface area contributed by atoms with Crippen LogP contribution in [0.15, 0.2) is 248 Å². The van der Waals surface area contributed by atoms with Crippen molar-refractivity contribution in [1.82, 2.24) is 9.88 Å². The second-order valence-electron chi connectivity index (χ2n) is 17.5. The van der Waals surface area contributed by atoms with Crippen LogP contribution in [0.1, 0.15) is 34.2 Å². The van der Waals surface area contributed by atoms with Crippen LogP contribution in [0.2, 0.25) is 0 Å². The van der Waals surface area contributed by atoms with E-state index in [1.807, 2.05) is 6.07 Å². The normalized spacial score (nSPS) is 17.4. The Bertz CT molecular complexity index is 3630. The molecule has 1 aromatic heterocycles. The van der Waals surface area contributed by atoms with Gasteiger partial charge in [0.2, 0.25) is 0 Å². The Hall–Kier alpha value is -8.47. The predicted molar refractivity (Wildman–Crippen MR) is 276 cm³/mol. The third kappa shape index (κ3) is 6.25. The van der Waals surface area contributed by atoms with Crippen LogP contribution in [-0.2, 0) is 0 Å². The van der Waals surface area contributed by atoms with E-state index >= 15 is 0 Å². The number of aliphatic imine (C=N–C) groups is 1. The molecule has 13 rings (SSSR count). The molecule has 3 unspecified atom stereocenters. The summed E-state index contributed by atoms with van der Waals surface area (Å²) in [5.74, 6) is 0.956. The molecule has 3 atom stereocenters. The van der Waals surface area contributed by atoms with Crippen LogP contribution in [-0.4, -0.2) is 16.4 Å². The lowest BCUT2D eigenvalue weighted by Gasteiger charge is -2.36. The molecule has 0 fully saturated rings. The van der Waals surface area contributed by atoms with Gasteiger partial charge < -0.3 is 14.8 Å². The molecule has 0 amide bonds. The first kappa shape index (κ1) is 38.0. The number of nitrogens with one attached hydrogen (secondary N) is 1. The monoisotopic (exact) mass is 844 g/mol. The number of anilines is 2. The summed E-state index contributed by atoms with van der Waals surface area (Å²) in [5.41, 5.74) is 15.3. The van der Waals surface area contributed by atoms with E-state index in [0.29, 0.717) is 0 Å². The van der Waals surface area contributed by atoms with E-state index in [1.165, 1.54) is 77.3 Å². The van der Waals surface area contributed by atoms with Crippen LogP contribution in [0.3, 0.4) is 0 Å². The number of fused-ring (bicyclic) bond motifs is 9. The molecule has 1 N–H and O–H groups in total. The third-order valence-corrected chi connectivity index (χ3v) is 13.7. The van der Waals surface area contributed by atoms with Gasteiger partial charge in [-0.25, -0.2) is 4.99 Å². The Kier molecular flexibility index (Phi) is 9.02. The van der Waals surface area contributed by atoms with Crippen molar-refractivity contribution in [3.63, 3.8) is 0 Å². The minimum Gasteiger partial charge on any atom is -0.359 e. The van der Waals surface area contributed by atoms with Crippen molar-refractivity contribution in [2.75, 3.05) is 4.90 Å². The molecular weight excluding hydrogens is 801 g/mol. The summed E-state index contributed by atoms with van der Waals surface area (Å²) in [7, 11) is 0. The van der Waals surface area contributed by atoms with E-state index < -0.39 is 0 Å². The molecule has 66 heavy (non-hydrogen) atoms. The Morgan fingerprint density at radius 1 is 0.470 bits per heavy atom. The lowest BCUT2D eigenvalue weighted by molar-refractivity contribution is 0.701. The summed E-state index contributed by atoms with van der Waals surface area (Å²) in [6, 6.07) is 77.2. The molecule has 0 bridgehead atoms. The van der Waals surface area contributed by atoms with Crippen molar-refractivity contribution >= 4 is 55.4 Å². The van der Waals surface area contributed by atoms with E-state index in [0.717, 1.165) is 28.3 Å². The number of hydrogen-bond donors (Lipinski definition) is 1. The summed E-state index contributed by atoms with van der Waals surface area (Å²) in [4.78, 5) is 7.80. The van der Waals surface area contributed by atoms with Crippen LogP contribution in [0.4, 0.5) is 11.4 Å². The highest BCUT2D eigenvalue weighted by molar-refractivity contribution is 6.07. The quantitative estimate of drug-likeness (QED) is 0.181. The molecule has 312 valence electrons. The number of hydrogen-bond acceptors (Lipinski definition) is 3. The molecule has 0 radical (unpaired) electrons. The van der Waals surface area contributed by atoms with Gasteiger partial charge in [0.15, 0.2) is 0 Å². The minimum atomic E-state index is -0.00822. The van der Waals surface area contributed by atoms with Crippen LogP contribution in [0.25, 0.3) is 66.2 Å². The lowest BCUT2D eigenvalue weighted by Crippen LogP contribution is -2.34. The van der Waals surface area contributed by atoms with E-state index in [2.05, 4.69) is 251 Å². The van der Waals surface area contributed by atoms with Gasteiger partial charge in [-0.1, -0.05) is 200 Å². The fraction of sp³-hybridized carbons (Fsp3) is 0.0484. The first-order valence-corrected chi connectivity index (χ1v) is 22.9. The standard InChI is InChI=1S/C62H44N4/c1-4-18-41(19-5-1)48-36-37-59(50-25-11-10-24-49(48)50)66-57-30-16-13-27-52(57)60-51-26-12-15-29-56(51)65(58-31-17-14-28-53(58)61(60)66)47-35-34-44-38-46(33-32-45(44)39-47)55-40-54(42-20-6-2-7-21-42)63-62(64-55)43-22-8-3-9-23-43/h1-40,51,54,56H,(H,63,64). The second-order valence-corrected chi connectivity index (χ2v) is 17.5. The molecule has 2 aliphatic heterocycles. The topological polar surface area (TPSA) is 32.6 Å². The highest BCUT2D eigenvalue weighted by Gasteiger charge is 2.38. The van der Waals surface area contributed by atoms with Crippen LogP contribution in [0, 0.1) is 0 Å². The lowest BCUT2D eigenvalue weighted by atomic mass is 9.85. The maximum Gasteiger partial charge on any atom is 0.134 e. The largest absolute Gasteiger partial charge is 0.359 e. The van der Waals surface area contributed by atoms with Gasteiger partial charge in [-0.05, 0) is 80.9 Å². The maximum absolute atomic E-state index is 5.22. The summed E-state index contributed by atoms with van der Waals surface area (Å²) in [6.45, 7) is 0. The van der Waals surface area contributed by atoms with Crippen molar-refractivity contribution < 1.29 is 0 Å². The second kappa shape index (κ2) is 15.7. The number of para-hydroxylation sites is 2. The molecule has 4 nitrogen and oxygen atoms in total. The Morgan fingerprint density at radius 2 is 1.14 bits per heavy atom. The molecule has 0 spiro atoms. The fourth-order valence-electron chi connectivity index (χ4n) is 10.8. The molecule has 3 aliphatic rings. The number of nitrogens with zero attached hydrogens (tertiary/aromatic N) is 3. The van der Waals surface area contributed by atoms with Gasteiger partial charge in [0, 0.05) is 39.1 Å². The van der Waals surface area contributed by atoms with E-state index in [1.54, 1.807) is 0 Å². The molecule has 1 aliphatic carbocycles. The van der Waals surface area contributed by atoms with E-state index in [9.17, 15) is 0 Å². The zero-order valence-electron chi connectivity index (χ0n) is 36.2. The van der Waals surface area contributed by atoms with Gasteiger partial charge in [0.05, 0.1) is 40.4 Å². The summed E-state index contributed by atoms with van der Waals surface area (Å²) in [5, 5.41) is 9.81. The zero-order valence-corrected chi connectivity index (χ0v) is 36.2. The Morgan fingerprint density at radius 3 is 1.97 bits per heavy atom. The number of aromatic nitrogens is 1. The highest BCUT2D eigenvalue weighted by atomic mass is 15.2. The summed E-state index contributed by atoms with van der Waals surface area (Å²) >= 11 is 0. The first-order chi connectivity index (χ1) is 32.7. The van der Waals surface area contributed by atoms with Gasteiger partial charge in [-0.2, -0.15) is 0 Å². The number of amidine groups is 1. The van der Waals surface area contributed by atoms with Gasteiger partial charge in [0.1, 0.15) is 5.84 Å². The molecule has 4 heteroatoms. The highest BCUT2D eigenvalue weighted by Crippen LogP contribution is 2.53. The molecule has 0 saturated heterocycles. The van der Waals surface area contributed by atoms with Crippen LogP contribution in [0.5, 0.6) is 0 Å². The van der Waals surface area contributed by atoms with Crippen LogP contribution < -0.4 is 10.2 Å². The fourth-order valence-corrected chi connectivity index (χ4v) is 10.8. The Labute approximate surface area is 384 Å². The number of rotatable bonds is 6. The van der Waals surface area contributed by atoms with Crippen LogP contribution >= 0.6 is 0 Å². The average molecular weight is 845 g/mol. The van der Waals surface area contributed by atoms with Gasteiger partial charge in [0.25, 0.3) is 0 Å². The smallest absolute Gasteiger partial charge is 0.134 e. The van der Waals surface area contributed by atoms with Crippen molar-refractivity contribution in [2.24, 2.45) is 4.99 Å². The average Bonchev–Trinajstić information content (AvgIpc) is 3.67. The molecule has 9 aromatic carbocycles. The van der Waals surface area contributed by atoms with Gasteiger partial charge in [-0.15, -0.1) is 0 Å². The molecular formula is C62H44N4. The zero-order chi connectivity index (χ0) is 43.6. The molecule has 0 saturated carbocycles. The Balaban J connectivity index is 0.961. The maximum atomic E-state index is 5.22. The number of allylic oxidation sites excluding steroid dienone is 2. The number of benzene rings is 9. The van der Waals surface area contributed by atoms with E-state index in [4.69, 9.17) is 4.99 Å². The predicted octanol–water partition coefficient (Wildman–Crippen LogP) is 15.1. The molecule has 10 aromatic rings. The summed E-state index contributed by atoms with van der Waals surface area (Å²) in [6.07, 6.45) is 11.5. The SMILES string of the molecule is C1=CC2c3c(n(-c4ccc(-c5ccccc5)c5ccccc45)c4ccccc34)-c3ccccc3N(c3ccc4cc(C5=CC(c6ccccc6)NC(c6ccccc6)=N5)ccc4c3)C2C=C1. The van der Waals surface area contributed by atoms with Crippen molar-refractivity contribution in [2.45, 2.75) is 18.0 Å². The van der Waals surface area contributed by atoms with E-state index in [-0.39, 0.29) is 18.0 Å². The third-order valence-electron chi connectivity index (χ3n) is 13.7. The minimum absolute atomic E-state index is 0.00822. The van der Waals surface area contributed by atoms with Crippen molar-refractivity contribution in [1.29, 1.82) is 0 Å². The molecule has 3 heterocycles. The van der Waals surface area contributed by atoms with Crippen molar-refractivity contribution in [3.8, 4) is 28.1 Å². The van der Waals surface area contributed by atoms with Gasteiger partial charge in [-0.3, -0.25) is 0 Å². The van der Waals surface area contributed by atoms with Gasteiger partial charge >= 0.3 is 0 Å².